The fraction of sp³-hybridized carbons (Fsp3) is 0.214. The van der Waals surface area contributed by atoms with E-state index in [1.807, 2.05) is 32.9 Å². The molecule has 1 fully saturated rings. The molecule has 1 aliphatic rings. The molecule has 0 spiro atoms. The van der Waals surface area contributed by atoms with Gasteiger partial charge in [-0.1, -0.05) is 40.2 Å². The molecule has 0 aliphatic carbocycles. The molecule has 180 valence electrons. The summed E-state index contributed by atoms with van der Waals surface area (Å²) in [4.78, 5) is 28.1. The Balaban J connectivity index is 1.91. The molecule has 0 bridgehead atoms. The molecular formula is C28H26BrNO5. The van der Waals surface area contributed by atoms with Crippen molar-refractivity contribution >= 4 is 39.1 Å². The number of methoxy groups -OCH3 is 1. The second kappa shape index (κ2) is 9.96. The number of nitrogens with zero attached hydrogens (tertiary/aromatic N) is 1. The number of halogens is 1. The topological polar surface area (TPSA) is 76.1 Å². The molecule has 0 aromatic heterocycles. The van der Waals surface area contributed by atoms with E-state index in [-0.39, 0.29) is 17.4 Å². The second-order valence-corrected chi connectivity index (χ2v) is 9.42. The van der Waals surface area contributed by atoms with Crippen molar-refractivity contribution in [2.24, 2.45) is 0 Å². The minimum atomic E-state index is -0.834. The summed E-state index contributed by atoms with van der Waals surface area (Å²) < 4.78 is 12.0. The lowest BCUT2D eigenvalue weighted by molar-refractivity contribution is -0.132. The summed E-state index contributed by atoms with van der Waals surface area (Å²) in [6, 6.07) is 18.6. The largest absolute Gasteiger partial charge is 0.507 e. The Morgan fingerprint density at radius 3 is 2.34 bits per heavy atom. The van der Waals surface area contributed by atoms with Gasteiger partial charge < -0.3 is 14.6 Å². The SMILES string of the molecule is COc1cccc(N2C(=O)C(=O)/C(=C(/O)c3ccc(Br)c(C)c3)C2c2ccc(OC(C)C)cc2)c1. The Morgan fingerprint density at radius 2 is 1.71 bits per heavy atom. The van der Waals surface area contributed by atoms with E-state index < -0.39 is 17.7 Å². The lowest BCUT2D eigenvalue weighted by atomic mass is 9.94. The van der Waals surface area contributed by atoms with E-state index in [9.17, 15) is 14.7 Å². The van der Waals surface area contributed by atoms with Crippen LogP contribution in [-0.4, -0.2) is 30.0 Å². The molecule has 1 amide bonds. The summed E-state index contributed by atoms with van der Waals surface area (Å²) in [7, 11) is 1.54. The maximum Gasteiger partial charge on any atom is 0.300 e. The Morgan fingerprint density at radius 1 is 1.00 bits per heavy atom. The van der Waals surface area contributed by atoms with Crippen LogP contribution in [0.5, 0.6) is 11.5 Å². The van der Waals surface area contributed by atoms with Crippen LogP contribution in [0.25, 0.3) is 5.76 Å². The van der Waals surface area contributed by atoms with Crippen molar-refractivity contribution in [2.75, 3.05) is 12.0 Å². The normalized spacial score (nSPS) is 17.2. The van der Waals surface area contributed by atoms with Gasteiger partial charge in [-0.2, -0.15) is 0 Å². The standard InChI is InChI=1S/C28H26BrNO5/c1-16(2)35-21-11-8-18(9-12-21)25-24(26(31)19-10-13-23(29)17(3)14-19)27(32)28(33)30(25)20-6-5-7-22(15-20)34-4/h5-16,25,31H,1-4H3/b26-24+. The number of rotatable bonds is 6. The molecule has 1 heterocycles. The van der Waals surface area contributed by atoms with E-state index in [0.29, 0.717) is 28.3 Å². The zero-order valence-electron chi connectivity index (χ0n) is 19.9. The van der Waals surface area contributed by atoms with Gasteiger partial charge in [0, 0.05) is 21.8 Å². The first-order valence-corrected chi connectivity index (χ1v) is 12.0. The number of Topliss-reactive ketones (excluding diaryl/α,β-unsaturated/α-hetero) is 1. The number of anilines is 1. The quantitative estimate of drug-likeness (QED) is 0.231. The van der Waals surface area contributed by atoms with Gasteiger partial charge in [0.1, 0.15) is 17.3 Å². The average molecular weight is 536 g/mol. The van der Waals surface area contributed by atoms with Gasteiger partial charge in [0.2, 0.25) is 0 Å². The molecule has 1 saturated heterocycles. The van der Waals surface area contributed by atoms with Gasteiger partial charge in [-0.15, -0.1) is 0 Å². The summed E-state index contributed by atoms with van der Waals surface area (Å²) >= 11 is 3.46. The highest BCUT2D eigenvalue weighted by Gasteiger charge is 2.47. The molecule has 3 aromatic rings. The van der Waals surface area contributed by atoms with Crippen LogP contribution in [0.3, 0.4) is 0 Å². The molecule has 1 atom stereocenters. The van der Waals surface area contributed by atoms with Crippen LogP contribution in [0.4, 0.5) is 5.69 Å². The fourth-order valence-corrected chi connectivity index (χ4v) is 4.37. The monoisotopic (exact) mass is 535 g/mol. The lowest BCUT2D eigenvalue weighted by Gasteiger charge is -2.26. The van der Waals surface area contributed by atoms with Crippen LogP contribution < -0.4 is 14.4 Å². The highest BCUT2D eigenvalue weighted by Crippen LogP contribution is 2.43. The Hall–Kier alpha value is -3.58. The van der Waals surface area contributed by atoms with Crippen molar-refractivity contribution < 1.29 is 24.2 Å². The number of hydrogen-bond acceptors (Lipinski definition) is 5. The van der Waals surface area contributed by atoms with E-state index >= 15 is 0 Å². The highest BCUT2D eigenvalue weighted by molar-refractivity contribution is 9.10. The van der Waals surface area contributed by atoms with Gasteiger partial charge in [-0.25, -0.2) is 0 Å². The van der Waals surface area contributed by atoms with Gasteiger partial charge in [0.25, 0.3) is 11.7 Å². The third-order valence-electron chi connectivity index (χ3n) is 5.77. The average Bonchev–Trinajstić information content (AvgIpc) is 3.11. The van der Waals surface area contributed by atoms with Crippen LogP contribution in [0, 0.1) is 6.92 Å². The molecule has 6 nitrogen and oxygen atoms in total. The summed E-state index contributed by atoms with van der Waals surface area (Å²) in [5.74, 6) is -0.477. The number of carbonyl (C=O) groups excluding carboxylic acids is 2. The van der Waals surface area contributed by atoms with Gasteiger partial charge >= 0.3 is 0 Å². The molecule has 1 unspecified atom stereocenters. The summed E-state index contributed by atoms with van der Waals surface area (Å²) in [6.07, 6.45) is 0.00362. The molecule has 0 saturated carbocycles. The number of ether oxygens (including phenoxy) is 2. The summed E-state index contributed by atoms with van der Waals surface area (Å²) in [5.41, 5.74) is 2.53. The van der Waals surface area contributed by atoms with Crippen LogP contribution in [-0.2, 0) is 9.59 Å². The first-order valence-electron chi connectivity index (χ1n) is 11.2. The number of ketones is 1. The fourth-order valence-electron chi connectivity index (χ4n) is 4.12. The van der Waals surface area contributed by atoms with Gasteiger partial charge in [0.05, 0.1) is 24.8 Å². The number of aryl methyl sites for hydroxylation is 1. The van der Waals surface area contributed by atoms with E-state index in [1.165, 1.54) is 12.0 Å². The predicted octanol–water partition coefficient (Wildman–Crippen LogP) is 6.18. The van der Waals surface area contributed by atoms with Gasteiger partial charge in [-0.05, 0) is 68.3 Å². The maximum atomic E-state index is 13.3. The first-order chi connectivity index (χ1) is 16.7. The molecule has 1 aliphatic heterocycles. The number of hydrogen-bond donors (Lipinski definition) is 1. The minimum absolute atomic E-state index is 0.00362. The molecule has 1 N–H and O–H groups in total. The maximum absolute atomic E-state index is 13.3. The van der Waals surface area contributed by atoms with Gasteiger partial charge in [-0.3, -0.25) is 14.5 Å². The van der Waals surface area contributed by atoms with Crippen molar-refractivity contribution in [3.63, 3.8) is 0 Å². The third kappa shape index (κ3) is 4.82. The van der Waals surface area contributed by atoms with Crippen LogP contribution in [0.2, 0.25) is 0 Å². The second-order valence-electron chi connectivity index (χ2n) is 8.57. The highest BCUT2D eigenvalue weighted by atomic mass is 79.9. The molecule has 3 aromatic carbocycles. The molecule has 35 heavy (non-hydrogen) atoms. The molecule has 4 rings (SSSR count). The smallest absolute Gasteiger partial charge is 0.300 e. The predicted molar refractivity (Wildman–Crippen MR) is 139 cm³/mol. The Bertz CT molecular complexity index is 1310. The third-order valence-corrected chi connectivity index (χ3v) is 6.66. The van der Waals surface area contributed by atoms with Gasteiger partial charge in [0.15, 0.2) is 0 Å². The first kappa shape index (κ1) is 24.5. The molecule has 0 radical (unpaired) electrons. The van der Waals surface area contributed by atoms with Crippen LogP contribution in [0.1, 0.15) is 36.6 Å². The number of amides is 1. The van der Waals surface area contributed by atoms with E-state index in [0.717, 1.165) is 10.0 Å². The molecule has 7 heteroatoms. The number of aliphatic hydroxyl groups is 1. The Labute approximate surface area is 212 Å². The van der Waals surface area contributed by atoms with Crippen molar-refractivity contribution in [1.82, 2.24) is 0 Å². The van der Waals surface area contributed by atoms with E-state index in [2.05, 4.69) is 15.9 Å². The summed E-state index contributed by atoms with van der Waals surface area (Å²) in [6.45, 7) is 5.76. The zero-order chi connectivity index (χ0) is 25.3. The van der Waals surface area contributed by atoms with E-state index in [1.54, 1.807) is 54.6 Å². The minimum Gasteiger partial charge on any atom is -0.507 e. The summed E-state index contributed by atoms with van der Waals surface area (Å²) in [5, 5.41) is 11.3. The van der Waals surface area contributed by atoms with Crippen molar-refractivity contribution in [1.29, 1.82) is 0 Å². The van der Waals surface area contributed by atoms with Crippen LogP contribution >= 0.6 is 15.9 Å². The van der Waals surface area contributed by atoms with Crippen LogP contribution in [0.15, 0.2) is 76.8 Å². The lowest BCUT2D eigenvalue weighted by Crippen LogP contribution is -2.29. The molecular weight excluding hydrogens is 510 g/mol. The number of aliphatic hydroxyl groups excluding tert-OH is 1. The number of benzene rings is 3. The number of carbonyl (C=O) groups is 2. The van der Waals surface area contributed by atoms with Crippen molar-refractivity contribution in [2.45, 2.75) is 32.9 Å². The van der Waals surface area contributed by atoms with Crippen molar-refractivity contribution in [3.05, 3.63) is 93.5 Å². The van der Waals surface area contributed by atoms with Crippen molar-refractivity contribution in [3.8, 4) is 11.5 Å². The Kier molecular flexibility index (Phi) is 6.98. The zero-order valence-corrected chi connectivity index (χ0v) is 21.5. The van der Waals surface area contributed by atoms with E-state index in [4.69, 9.17) is 9.47 Å².